The number of carbonyl (C=O) groups excluding carboxylic acids is 1. The van der Waals surface area contributed by atoms with Crippen LogP contribution in [-0.2, 0) is 20.6 Å². The highest BCUT2D eigenvalue weighted by Gasteiger charge is 2.22. The Morgan fingerprint density at radius 3 is 2.53 bits per heavy atom. The predicted molar refractivity (Wildman–Crippen MR) is 113 cm³/mol. The van der Waals surface area contributed by atoms with Crippen molar-refractivity contribution in [2.75, 3.05) is 18.5 Å². The summed E-state index contributed by atoms with van der Waals surface area (Å²) in [5, 5.41) is 3.20. The molecule has 1 aromatic carbocycles. The molecule has 1 amide bonds. The summed E-state index contributed by atoms with van der Waals surface area (Å²) >= 11 is 0. The van der Waals surface area contributed by atoms with Crippen LogP contribution in [0, 0.1) is 0 Å². The van der Waals surface area contributed by atoms with Gasteiger partial charge >= 0.3 is 5.69 Å². The van der Waals surface area contributed by atoms with E-state index >= 15 is 0 Å². The minimum absolute atomic E-state index is 0.326. The zero-order chi connectivity index (χ0) is 21.4. The topological polar surface area (TPSA) is 96.5 Å². The predicted octanol–water partition coefficient (Wildman–Crippen LogP) is 1.86. The van der Waals surface area contributed by atoms with Crippen molar-refractivity contribution in [1.29, 1.82) is 0 Å². The number of benzene rings is 1. The van der Waals surface area contributed by atoms with Crippen molar-refractivity contribution < 1.29 is 14.3 Å². The van der Waals surface area contributed by atoms with Crippen molar-refractivity contribution in [3.8, 4) is 11.5 Å². The lowest BCUT2D eigenvalue weighted by Crippen LogP contribution is -2.37. The summed E-state index contributed by atoms with van der Waals surface area (Å²) in [6.45, 7) is 3.50. The Kier molecular flexibility index (Phi) is 5.11. The molecule has 9 nitrogen and oxygen atoms in total. The Bertz CT molecular complexity index is 1250. The number of amides is 1. The zero-order valence-corrected chi connectivity index (χ0v) is 17.2. The molecular weight excluding hydrogens is 388 g/mol. The molecule has 158 valence electrons. The molecule has 0 bridgehead atoms. The number of fused-ring (bicyclic) bond motifs is 2. The molecular formula is C21H24N4O5. The molecule has 2 aromatic heterocycles. The summed E-state index contributed by atoms with van der Waals surface area (Å²) < 4.78 is 15.3. The fraction of sp³-hybridized carbons (Fsp3) is 0.381. The SMILES string of the molecule is CCCCn1c(C(=O)Nc2ccc3c(c2)OCCO3)cc2c(=O)n(C)c(=O)n(C)c21. The highest BCUT2D eigenvalue weighted by Crippen LogP contribution is 2.32. The first-order valence-electron chi connectivity index (χ1n) is 9.92. The molecule has 0 aliphatic carbocycles. The van der Waals surface area contributed by atoms with Crippen molar-refractivity contribution in [2.24, 2.45) is 14.1 Å². The van der Waals surface area contributed by atoms with Crippen LogP contribution < -0.4 is 26.0 Å². The molecule has 0 spiro atoms. The van der Waals surface area contributed by atoms with Gasteiger partial charge in [-0.05, 0) is 24.6 Å². The molecule has 0 saturated carbocycles. The van der Waals surface area contributed by atoms with Gasteiger partial charge in [0, 0.05) is 32.4 Å². The Balaban J connectivity index is 1.78. The van der Waals surface area contributed by atoms with Crippen LogP contribution in [0.1, 0.15) is 30.3 Å². The number of carbonyl (C=O) groups is 1. The van der Waals surface area contributed by atoms with Gasteiger partial charge in [-0.1, -0.05) is 13.3 Å². The number of rotatable bonds is 5. The molecule has 30 heavy (non-hydrogen) atoms. The van der Waals surface area contributed by atoms with E-state index in [-0.39, 0.29) is 5.91 Å². The van der Waals surface area contributed by atoms with Gasteiger partial charge in [-0.15, -0.1) is 0 Å². The lowest BCUT2D eigenvalue weighted by Gasteiger charge is -2.19. The molecule has 0 saturated heterocycles. The van der Waals surface area contributed by atoms with Crippen LogP contribution in [0.2, 0.25) is 0 Å². The fourth-order valence-corrected chi connectivity index (χ4v) is 3.69. The molecule has 1 aliphatic rings. The van der Waals surface area contributed by atoms with Crippen LogP contribution in [0.3, 0.4) is 0 Å². The highest BCUT2D eigenvalue weighted by molar-refractivity contribution is 6.06. The van der Waals surface area contributed by atoms with Gasteiger partial charge in [0.1, 0.15) is 24.6 Å². The Morgan fingerprint density at radius 1 is 1.07 bits per heavy atom. The number of nitrogens with zero attached hydrogens (tertiary/aromatic N) is 3. The Morgan fingerprint density at radius 2 is 1.80 bits per heavy atom. The lowest BCUT2D eigenvalue weighted by atomic mass is 10.2. The number of aryl methyl sites for hydroxylation is 2. The summed E-state index contributed by atoms with van der Waals surface area (Å²) in [7, 11) is 3.04. The third kappa shape index (κ3) is 3.26. The number of aromatic nitrogens is 3. The maximum Gasteiger partial charge on any atom is 0.332 e. The first-order chi connectivity index (χ1) is 14.4. The third-order valence-corrected chi connectivity index (χ3v) is 5.26. The Hall–Kier alpha value is -3.49. The summed E-state index contributed by atoms with van der Waals surface area (Å²) in [6, 6.07) is 6.75. The lowest BCUT2D eigenvalue weighted by molar-refractivity contribution is 0.101. The first kappa shape index (κ1) is 19.8. The maximum atomic E-state index is 13.1. The largest absolute Gasteiger partial charge is 0.486 e. The van der Waals surface area contributed by atoms with Crippen molar-refractivity contribution >= 4 is 22.6 Å². The van der Waals surface area contributed by atoms with E-state index in [1.165, 1.54) is 11.6 Å². The van der Waals surface area contributed by atoms with Crippen LogP contribution in [0.4, 0.5) is 5.69 Å². The van der Waals surface area contributed by atoms with E-state index in [4.69, 9.17) is 9.47 Å². The van der Waals surface area contributed by atoms with E-state index in [0.29, 0.717) is 53.7 Å². The molecule has 9 heteroatoms. The van der Waals surface area contributed by atoms with E-state index in [1.54, 1.807) is 35.9 Å². The number of hydrogen-bond acceptors (Lipinski definition) is 5. The molecule has 1 aliphatic heterocycles. The van der Waals surface area contributed by atoms with E-state index < -0.39 is 11.2 Å². The average molecular weight is 412 g/mol. The van der Waals surface area contributed by atoms with Crippen molar-refractivity contribution in [3.05, 3.63) is 50.8 Å². The minimum atomic E-state index is -0.429. The molecule has 0 atom stereocenters. The second-order valence-corrected chi connectivity index (χ2v) is 7.29. The molecule has 0 radical (unpaired) electrons. The average Bonchev–Trinajstić information content (AvgIpc) is 3.14. The third-order valence-electron chi connectivity index (χ3n) is 5.26. The number of ether oxygens (including phenoxy) is 2. The number of hydrogen-bond donors (Lipinski definition) is 1. The molecule has 4 rings (SSSR count). The minimum Gasteiger partial charge on any atom is -0.486 e. The summed E-state index contributed by atoms with van der Waals surface area (Å²) in [4.78, 5) is 38.2. The Labute approximate surface area is 172 Å². The highest BCUT2D eigenvalue weighted by atomic mass is 16.6. The van der Waals surface area contributed by atoms with Crippen LogP contribution >= 0.6 is 0 Å². The molecule has 0 fully saturated rings. The summed E-state index contributed by atoms with van der Waals surface area (Å²) in [5.74, 6) is 0.838. The summed E-state index contributed by atoms with van der Waals surface area (Å²) in [6.07, 6.45) is 1.71. The van der Waals surface area contributed by atoms with E-state index in [9.17, 15) is 14.4 Å². The van der Waals surface area contributed by atoms with E-state index in [0.717, 1.165) is 17.4 Å². The van der Waals surface area contributed by atoms with Gasteiger partial charge in [-0.25, -0.2) is 4.79 Å². The molecule has 0 unspecified atom stereocenters. The van der Waals surface area contributed by atoms with Crippen molar-refractivity contribution in [1.82, 2.24) is 13.7 Å². The normalized spacial score (nSPS) is 12.9. The van der Waals surface area contributed by atoms with Gasteiger partial charge in [0.2, 0.25) is 0 Å². The smallest absolute Gasteiger partial charge is 0.332 e. The monoisotopic (exact) mass is 412 g/mol. The second kappa shape index (κ2) is 7.74. The van der Waals surface area contributed by atoms with Gasteiger partial charge < -0.3 is 19.4 Å². The van der Waals surface area contributed by atoms with Gasteiger partial charge in [-0.3, -0.25) is 18.7 Å². The van der Waals surface area contributed by atoms with Crippen LogP contribution in [0.25, 0.3) is 11.0 Å². The molecule has 1 N–H and O–H groups in total. The first-order valence-corrected chi connectivity index (χ1v) is 9.92. The number of unbranched alkanes of at least 4 members (excludes halogenated alkanes) is 1. The van der Waals surface area contributed by atoms with Gasteiger partial charge in [0.25, 0.3) is 11.5 Å². The van der Waals surface area contributed by atoms with Crippen molar-refractivity contribution in [3.63, 3.8) is 0 Å². The van der Waals surface area contributed by atoms with Crippen LogP contribution in [0.5, 0.6) is 11.5 Å². The standard InChI is InChI=1S/C21H24N4O5/c1-4-5-8-25-15(12-14-19(25)23(2)21(28)24(3)20(14)27)18(26)22-13-6-7-16-17(11-13)30-10-9-29-16/h6-7,11-12H,4-5,8-10H2,1-3H3,(H,22,26). The number of nitrogens with one attached hydrogen (secondary N) is 1. The zero-order valence-electron chi connectivity index (χ0n) is 17.2. The van der Waals surface area contributed by atoms with Crippen molar-refractivity contribution in [2.45, 2.75) is 26.3 Å². The van der Waals surface area contributed by atoms with E-state index in [2.05, 4.69) is 5.32 Å². The van der Waals surface area contributed by atoms with Crippen LogP contribution in [0.15, 0.2) is 33.9 Å². The number of anilines is 1. The van der Waals surface area contributed by atoms with Gasteiger partial charge in [-0.2, -0.15) is 0 Å². The maximum absolute atomic E-state index is 13.1. The quantitative estimate of drug-likeness (QED) is 0.690. The van der Waals surface area contributed by atoms with Gasteiger partial charge in [0.05, 0.1) is 5.39 Å². The second-order valence-electron chi connectivity index (χ2n) is 7.29. The molecule has 3 heterocycles. The fourth-order valence-electron chi connectivity index (χ4n) is 3.69. The van der Waals surface area contributed by atoms with E-state index in [1.807, 2.05) is 6.92 Å². The van der Waals surface area contributed by atoms with Crippen LogP contribution in [-0.4, -0.2) is 32.8 Å². The molecule has 3 aromatic rings. The van der Waals surface area contributed by atoms with Gasteiger partial charge in [0.15, 0.2) is 11.5 Å². The summed E-state index contributed by atoms with van der Waals surface area (Å²) in [5.41, 5.74) is 0.479.